The molecule has 1 spiro atoms. The summed E-state index contributed by atoms with van der Waals surface area (Å²) in [7, 11) is 0. The third-order valence-corrected chi connectivity index (χ3v) is 6.81. The number of amides is 4. The topological polar surface area (TPSA) is 87.7 Å². The van der Waals surface area contributed by atoms with Crippen molar-refractivity contribution in [2.45, 2.75) is 50.6 Å². The van der Waals surface area contributed by atoms with Crippen LogP contribution in [0.4, 0.5) is 4.79 Å². The second kappa shape index (κ2) is 7.97. The second-order valence-corrected chi connectivity index (χ2v) is 8.85. The van der Waals surface area contributed by atoms with E-state index >= 15 is 0 Å². The molecule has 2 heterocycles. The predicted molar refractivity (Wildman–Crippen MR) is 118 cm³/mol. The van der Waals surface area contributed by atoms with Crippen LogP contribution in [0.3, 0.4) is 0 Å². The Bertz CT molecular complexity index is 1100. The molecule has 0 aromatic heterocycles. The van der Waals surface area contributed by atoms with Gasteiger partial charge in [-0.05, 0) is 55.4 Å². The van der Waals surface area contributed by atoms with E-state index in [1.807, 2.05) is 19.1 Å². The van der Waals surface area contributed by atoms with Gasteiger partial charge in [-0.25, -0.2) is 4.79 Å². The Morgan fingerprint density at radius 2 is 1.94 bits per heavy atom. The normalized spacial score (nSPS) is 22.6. The van der Waals surface area contributed by atoms with Crippen molar-refractivity contribution in [2.24, 2.45) is 0 Å². The van der Waals surface area contributed by atoms with Crippen LogP contribution in [0.2, 0.25) is 0 Å². The van der Waals surface area contributed by atoms with Crippen LogP contribution < -0.4 is 15.4 Å². The lowest BCUT2D eigenvalue weighted by atomic mass is 9.84. The molecule has 0 unspecified atom stereocenters. The van der Waals surface area contributed by atoms with Gasteiger partial charge in [0.1, 0.15) is 12.3 Å². The first kappa shape index (κ1) is 20.5. The Kier molecular flexibility index (Phi) is 5.12. The second-order valence-electron chi connectivity index (χ2n) is 8.85. The molecule has 2 atom stereocenters. The Morgan fingerprint density at radius 1 is 1.16 bits per heavy atom. The maximum atomic E-state index is 13.3. The number of rotatable bonds is 4. The van der Waals surface area contributed by atoms with Gasteiger partial charge in [0.15, 0.2) is 5.54 Å². The van der Waals surface area contributed by atoms with Gasteiger partial charge in [-0.1, -0.05) is 36.4 Å². The number of ether oxygens (including phenoxy) is 1. The summed E-state index contributed by atoms with van der Waals surface area (Å²) in [6.45, 7) is 1.92. The van der Waals surface area contributed by atoms with E-state index in [0.717, 1.165) is 23.3 Å². The van der Waals surface area contributed by atoms with E-state index in [1.54, 1.807) is 12.1 Å². The average Bonchev–Trinajstić information content (AvgIpc) is 3.03. The van der Waals surface area contributed by atoms with Crippen molar-refractivity contribution in [1.82, 2.24) is 15.5 Å². The zero-order valence-electron chi connectivity index (χ0n) is 18.1. The first-order chi connectivity index (χ1) is 15.5. The number of nitrogens with zero attached hydrogens (tertiary/aromatic N) is 1. The van der Waals surface area contributed by atoms with Crippen LogP contribution in [0.5, 0.6) is 5.75 Å². The number of aryl methyl sites for hydroxylation is 2. The van der Waals surface area contributed by atoms with E-state index in [-0.39, 0.29) is 18.5 Å². The zero-order valence-corrected chi connectivity index (χ0v) is 18.1. The lowest BCUT2D eigenvalue weighted by Gasteiger charge is -2.33. The van der Waals surface area contributed by atoms with Gasteiger partial charge in [0.2, 0.25) is 5.91 Å². The van der Waals surface area contributed by atoms with Crippen molar-refractivity contribution >= 4 is 17.8 Å². The maximum Gasteiger partial charge on any atom is 0.325 e. The van der Waals surface area contributed by atoms with Crippen LogP contribution in [-0.2, 0) is 28.0 Å². The molecule has 1 aliphatic carbocycles. The lowest BCUT2D eigenvalue weighted by Crippen LogP contribution is -2.48. The molecular formula is C25H27N3O4. The Balaban J connectivity index is 1.29. The lowest BCUT2D eigenvalue weighted by molar-refractivity contribution is -0.136. The number of carbonyl (C=O) groups is 3. The smallest absolute Gasteiger partial charge is 0.325 e. The van der Waals surface area contributed by atoms with Crippen LogP contribution in [0.15, 0.2) is 42.5 Å². The highest BCUT2D eigenvalue weighted by Gasteiger charge is 2.55. The summed E-state index contributed by atoms with van der Waals surface area (Å²) < 4.78 is 5.65. The number of fused-ring (bicyclic) bond motifs is 3. The molecule has 5 rings (SSSR count). The number of nitrogens with one attached hydrogen (secondary N) is 2. The maximum absolute atomic E-state index is 13.3. The van der Waals surface area contributed by atoms with E-state index in [2.05, 4.69) is 28.8 Å². The highest BCUT2D eigenvalue weighted by molar-refractivity contribution is 6.09. The number of carbonyl (C=O) groups excluding carboxylic acids is 3. The number of benzene rings is 2. The molecule has 2 aromatic rings. The highest BCUT2D eigenvalue weighted by Crippen LogP contribution is 2.40. The average molecular weight is 434 g/mol. The summed E-state index contributed by atoms with van der Waals surface area (Å²) in [6, 6.07) is 12.8. The monoisotopic (exact) mass is 433 g/mol. The fourth-order valence-electron chi connectivity index (χ4n) is 5.05. The Morgan fingerprint density at radius 3 is 2.78 bits per heavy atom. The first-order valence-corrected chi connectivity index (χ1v) is 11.3. The molecule has 2 aliphatic heterocycles. The Hall–Kier alpha value is -3.35. The molecule has 7 nitrogen and oxygen atoms in total. The number of hydrogen-bond donors (Lipinski definition) is 2. The molecule has 2 aromatic carbocycles. The van der Waals surface area contributed by atoms with Crippen LogP contribution in [0.25, 0.3) is 0 Å². The standard InChI is InChI=1S/C25H27N3O4/c1-16(18-11-10-17-6-2-3-7-19(17)14-18)26-22(29)15-28-23(30)25(27-24(28)31)12-13-32-21-9-5-4-8-20(21)25/h4-5,8-11,14,16H,2-3,6-7,12-13,15H2,1H3,(H,26,29)(H,27,31)/t16-,25+/m1/s1. The molecule has 166 valence electrons. The number of urea groups is 1. The van der Waals surface area contributed by atoms with Gasteiger partial charge >= 0.3 is 6.03 Å². The minimum Gasteiger partial charge on any atom is -0.493 e. The van der Waals surface area contributed by atoms with Crippen LogP contribution in [0.1, 0.15) is 54.5 Å². The van der Waals surface area contributed by atoms with Gasteiger partial charge < -0.3 is 15.4 Å². The molecule has 3 aliphatic rings. The van der Waals surface area contributed by atoms with E-state index in [9.17, 15) is 14.4 Å². The minimum absolute atomic E-state index is 0.215. The SMILES string of the molecule is C[C@@H](NC(=O)CN1C(=O)N[C@]2(CCOc3ccccc32)C1=O)c1ccc2c(c1)CCCC2. The van der Waals surface area contributed by atoms with Gasteiger partial charge in [0, 0.05) is 12.0 Å². The first-order valence-electron chi connectivity index (χ1n) is 11.3. The molecule has 0 radical (unpaired) electrons. The highest BCUT2D eigenvalue weighted by atomic mass is 16.5. The fourth-order valence-corrected chi connectivity index (χ4v) is 5.05. The van der Waals surface area contributed by atoms with E-state index in [1.165, 1.54) is 24.0 Å². The van der Waals surface area contributed by atoms with Crippen molar-refractivity contribution in [3.05, 3.63) is 64.7 Å². The third kappa shape index (κ3) is 3.42. The van der Waals surface area contributed by atoms with Gasteiger partial charge in [-0.2, -0.15) is 0 Å². The summed E-state index contributed by atoms with van der Waals surface area (Å²) in [4.78, 5) is 39.8. The Labute approximate surface area is 187 Å². The zero-order chi connectivity index (χ0) is 22.3. The van der Waals surface area contributed by atoms with Crippen molar-refractivity contribution in [1.29, 1.82) is 0 Å². The van der Waals surface area contributed by atoms with Crippen molar-refractivity contribution in [3.63, 3.8) is 0 Å². The van der Waals surface area contributed by atoms with Crippen LogP contribution in [0, 0.1) is 0 Å². The van der Waals surface area contributed by atoms with Crippen LogP contribution in [-0.4, -0.2) is 35.9 Å². The van der Waals surface area contributed by atoms with Gasteiger partial charge in [0.25, 0.3) is 5.91 Å². The molecule has 2 N–H and O–H groups in total. The number of imide groups is 1. The van der Waals surface area contributed by atoms with Crippen molar-refractivity contribution in [3.8, 4) is 5.75 Å². The molecule has 32 heavy (non-hydrogen) atoms. The fraction of sp³-hybridized carbons (Fsp3) is 0.400. The van der Waals surface area contributed by atoms with Crippen molar-refractivity contribution < 1.29 is 19.1 Å². The minimum atomic E-state index is -1.17. The molecule has 0 saturated carbocycles. The van der Waals surface area contributed by atoms with Gasteiger partial charge in [-0.3, -0.25) is 14.5 Å². The summed E-state index contributed by atoms with van der Waals surface area (Å²) in [5, 5.41) is 5.77. The van der Waals surface area contributed by atoms with Gasteiger partial charge in [-0.15, -0.1) is 0 Å². The van der Waals surface area contributed by atoms with Crippen molar-refractivity contribution in [2.75, 3.05) is 13.2 Å². The molecule has 7 heteroatoms. The van der Waals surface area contributed by atoms with E-state index < -0.39 is 17.5 Å². The molecular weight excluding hydrogens is 406 g/mol. The van der Waals surface area contributed by atoms with E-state index in [0.29, 0.717) is 24.3 Å². The molecule has 1 fully saturated rings. The van der Waals surface area contributed by atoms with Gasteiger partial charge in [0.05, 0.1) is 12.6 Å². The largest absolute Gasteiger partial charge is 0.493 e. The predicted octanol–water partition coefficient (Wildman–Crippen LogP) is 2.97. The summed E-state index contributed by atoms with van der Waals surface area (Å²) in [6.07, 6.45) is 4.93. The summed E-state index contributed by atoms with van der Waals surface area (Å²) in [5.41, 5.74) is 3.24. The van der Waals surface area contributed by atoms with Crippen LogP contribution >= 0.6 is 0 Å². The van der Waals surface area contributed by atoms with E-state index in [4.69, 9.17) is 4.74 Å². The number of para-hydroxylation sites is 1. The quantitative estimate of drug-likeness (QED) is 0.726. The summed E-state index contributed by atoms with van der Waals surface area (Å²) >= 11 is 0. The summed E-state index contributed by atoms with van der Waals surface area (Å²) in [5.74, 6) is -0.189. The molecule has 1 saturated heterocycles. The number of hydrogen-bond acceptors (Lipinski definition) is 4. The molecule has 0 bridgehead atoms. The molecule has 4 amide bonds. The third-order valence-electron chi connectivity index (χ3n) is 6.81.